The monoisotopic (exact) mass is 314 g/mol. The number of anilines is 1. The fraction of sp³-hybridized carbons (Fsp3) is 0.389. The van der Waals surface area contributed by atoms with E-state index in [2.05, 4.69) is 41.4 Å². The molecule has 0 bridgehead atoms. The number of hydrogen-bond donors (Lipinski definition) is 2. The van der Waals surface area contributed by atoms with E-state index in [1.54, 1.807) is 0 Å². The Morgan fingerprint density at radius 1 is 1.30 bits per heavy atom. The van der Waals surface area contributed by atoms with Crippen LogP contribution in [-0.4, -0.2) is 29.1 Å². The van der Waals surface area contributed by atoms with E-state index in [4.69, 9.17) is 4.42 Å². The Hall–Kier alpha value is -2.27. The van der Waals surface area contributed by atoms with E-state index < -0.39 is 0 Å². The minimum absolute atomic E-state index is 0.338. The Morgan fingerprint density at radius 2 is 2.09 bits per heavy atom. The maximum absolute atomic E-state index is 11.4. The average molecular weight is 314 g/mol. The molecule has 0 unspecified atom stereocenters. The number of rotatable bonds is 4. The van der Waals surface area contributed by atoms with Gasteiger partial charge in [-0.1, -0.05) is 12.1 Å². The number of aromatic hydroxyl groups is 1. The van der Waals surface area contributed by atoms with E-state index in [-0.39, 0.29) is 11.2 Å². The van der Waals surface area contributed by atoms with Crippen LogP contribution in [0.3, 0.4) is 0 Å². The molecule has 1 aliphatic heterocycles. The SMILES string of the molecule is Cc1cccc(NC2CCN(Cc3cc(=O)c(O)co3)CC2)c1. The quantitative estimate of drug-likeness (QED) is 0.908. The second-order valence-corrected chi connectivity index (χ2v) is 6.16. The largest absolute Gasteiger partial charge is 0.502 e. The van der Waals surface area contributed by atoms with Crippen LogP contribution in [0.25, 0.3) is 0 Å². The number of piperidine rings is 1. The van der Waals surface area contributed by atoms with Crippen molar-refractivity contribution in [2.24, 2.45) is 0 Å². The summed E-state index contributed by atoms with van der Waals surface area (Å²) in [4.78, 5) is 13.7. The molecule has 122 valence electrons. The van der Waals surface area contributed by atoms with E-state index in [1.165, 1.54) is 17.3 Å². The van der Waals surface area contributed by atoms with Crippen LogP contribution < -0.4 is 10.7 Å². The summed E-state index contributed by atoms with van der Waals surface area (Å²) in [6.45, 7) is 4.61. The lowest BCUT2D eigenvalue weighted by molar-refractivity contribution is 0.194. The van der Waals surface area contributed by atoms with Crippen molar-refractivity contribution in [3.8, 4) is 5.75 Å². The molecule has 1 fully saturated rings. The Bertz CT molecular complexity index is 718. The van der Waals surface area contributed by atoms with Crippen LogP contribution in [0.1, 0.15) is 24.2 Å². The molecule has 3 rings (SSSR count). The Kier molecular flexibility index (Phi) is 4.67. The molecule has 1 aromatic heterocycles. The van der Waals surface area contributed by atoms with Crippen LogP contribution in [0, 0.1) is 6.92 Å². The molecule has 0 radical (unpaired) electrons. The Balaban J connectivity index is 1.52. The smallest absolute Gasteiger partial charge is 0.226 e. The third kappa shape index (κ3) is 4.13. The maximum atomic E-state index is 11.4. The first-order valence-corrected chi connectivity index (χ1v) is 7.96. The van der Waals surface area contributed by atoms with Gasteiger partial charge in [0.25, 0.3) is 0 Å². The Labute approximate surface area is 135 Å². The number of aryl methyl sites for hydroxylation is 1. The van der Waals surface area contributed by atoms with Gasteiger partial charge in [-0.25, -0.2) is 0 Å². The Morgan fingerprint density at radius 3 is 2.78 bits per heavy atom. The van der Waals surface area contributed by atoms with Crippen molar-refractivity contribution in [2.45, 2.75) is 32.4 Å². The summed E-state index contributed by atoms with van der Waals surface area (Å²) in [5.74, 6) is 0.257. The number of benzene rings is 1. The molecule has 0 spiro atoms. The number of nitrogens with zero attached hydrogens (tertiary/aromatic N) is 1. The first-order valence-electron chi connectivity index (χ1n) is 7.96. The summed E-state index contributed by atoms with van der Waals surface area (Å²) in [6.07, 6.45) is 3.22. The van der Waals surface area contributed by atoms with Crippen molar-refractivity contribution in [2.75, 3.05) is 18.4 Å². The van der Waals surface area contributed by atoms with Gasteiger partial charge in [-0.15, -0.1) is 0 Å². The van der Waals surface area contributed by atoms with Gasteiger partial charge < -0.3 is 14.8 Å². The first-order chi connectivity index (χ1) is 11.1. The molecule has 1 saturated heterocycles. The van der Waals surface area contributed by atoms with Crippen molar-refractivity contribution >= 4 is 5.69 Å². The summed E-state index contributed by atoms with van der Waals surface area (Å²) in [5, 5.41) is 12.8. The third-order valence-electron chi connectivity index (χ3n) is 4.22. The predicted molar refractivity (Wildman–Crippen MR) is 89.7 cm³/mol. The van der Waals surface area contributed by atoms with Crippen molar-refractivity contribution < 1.29 is 9.52 Å². The van der Waals surface area contributed by atoms with Gasteiger partial charge in [-0.05, 0) is 37.5 Å². The summed E-state index contributed by atoms with van der Waals surface area (Å²) in [6, 6.07) is 10.3. The molecule has 5 nitrogen and oxygen atoms in total. The van der Waals surface area contributed by atoms with E-state index >= 15 is 0 Å². The molecule has 1 aliphatic rings. The zero-order chi connectivity index (χ0) is 16.2. The van der Waals surface area contributed by atoms with Crippen LogP contribution in [0.15, 0.2) is 45.8 Å². The van der Waals surface area contributed by atoms with Crippen LogP contribution in [-0.2, 0) is 6.54 Å². The molecule has 23 heavy (non-hydrogen) atoms. The van der Waals surface area contributed by atoms with Gasteiger partial charge in [0.1, 0.15) is 12.0 Å². The first kappa shape index (κ1) is 15.6. The van der Waals surface area contributed by atoms with Gasteiger partial charge in [0, 0.05) is 30.9 Å². The molecule has 0 atom stereocenters. The third-order valence-corrected chi connectivity index (χ3v) is 4.22. The number of hydrogen-bond acceptors (Lipinski definition) is 5. The fourth-order valence-corrected chi connectivity index (χ4v) is 2.95. The van der Waals surface area contributed by atoms with E-state index in [0.717, 1.165) is 32.2 Å². The van der Waals surface area contributed by atoms with Gasteiger partial charge >= 0.3 is 0 Å². The number of likely N-dealkylation sites (tertiary alicyclic amines) is 1. The molecule has 0 aliphatic carbocycles. The molecule has 2 N–H and O–H groups in total. The van der Waals surface area contributed by atoms with Crippen molar-refractivity contribution in [3.05, 3.63) is 58.1 Å². The standard InChI is InChI=1S/C18H22N2O3/c1-13-3-2-4-15(9-13)19-14-5-7-20(8-6-14)11-16-10-17(21)18(22)12-23-16/h2-4,9-10,12,14,19,22H,5-8,11H2,1H3. The van der Waals surface area contributed by atoms with Gasteiger partial charge in [0.2, 0.25) is 5.43 Å². The zero-order valence-electron chi connectivity index (χ0n) is 13.3. The summed E-state index contributed by atoms with van der Waals surface area (Å²) >= 11 is 0. The van der Waals surface area contributed by atoms with Crippen LogP contribution in [0.4, 0.5) is 5.69 Å². The fourth-order valence-electron chi connectivity index (χ4n) is 2.95. The van der Waals surface area contributed by atoms with E-state index in [9.17, 15) is 9.90 Å². The van der Waals surface area contributed by atoms with Gasteiger partial charge in [-0.3, -0.25) is 9.69 Å². The molecular weight excluding hydrogens is 292 g/mol. The molecule has 5 heteroatoms. The highest BCUT2D eigenvalue weighted by atomic mass is 16.4. The minimum Gasteiger partial charge on any atom is -0.502 e. The molecule has 2 aromatic rings. The lowest BCUT2D eigenvalue weighted by Gasteiger charge is -2.32. The van der Waals surface area contributed by atoms with Gasteiger partial charge in [-0.2, -0.15) is 0 Å². The number of nitrogens with one attached hydrogen (secondary N) is 1. The average Bonchev–Trinajstić information content (AvgIpc) is 2.53. The van der Waals surface area contributed by atoms with Crippen molar-refractivity contribution in [3.63, 3.8) is 0 Å². The summed E-state index contributed by atoms with van der Waals surface area (Å²) in [7, 11) is 0. The zero-order valence-corrected chi connectivity index (χ0v) is 13.3. The van der Waals surface area contributed by atoms with E-state index in [1.807, 2.05) is 0 Å². The molecule has 1 aromatic carbocycles. The lowest BCUT2D eigenvalue weighted by Crippen LogP contribution is -2.38. The van der Waals surface area contributed by atoms with E-state index in [0.29, 0.717) is 18.3 Å². The highest BCUT2D eigenvalue weighted by Crippen LogP contribution is 2.19. The molecular formula is C18H22N2O3. The van der Waals surface area contributed by atoms with Crippen molar-refractivity contribution in [1.29, 1.82) is 0 Å². The van der Waals surface area contributed by atoms with Crippen LogP contribution in [0.2, 0.25) is 0 Å². The highest BCUT2D eigenvalue weighted by molar-refractivity contribution is 5.46. The van der Waals surface area contributed by atoms with Gasteiger partial charge in [0.05, 0.1) is 6.54 Å². The van der Waals surface area contributed by atoms with Crippen LogP contribution >= 0.6 is 0 Å². The summed E-state index contributed by atoms with van der Waals surface area (Å²) in [5.41, 5.74) is 2.05. The summed E-state index contributed by atoms with van der Waals surface area (Å²) < 4.78 is 5.27. The molecule has 0 amide bonds. The van der Waals surface area contributed by atoms with Crippen molar-refractivity contribution in [1.82, 2.24) is 4.90 Å². The lowest BCUT2D eigenvalue weighted by atomic mass is 10.0. The highest BCUT2D eigenvalue weighted by Gasteiger charge is 2.20. The topological polar surface area (TPSA) is 65.7 Å². The minimum atomic E-state index is -0.387. The molecule has 0 saturated carbocycles. The van der Waals surface area contributed by atoms with Gasteiger partial charge in [0.15, 0.2) is 5.75 Å². The maximum Gasteiger partial charge on any atom is 0.226 e. The van der Waals surface area contributed by atoms with Crippen LogP contribution in [0.5, 0.6) is 5.75 Å². The molecule has 2 heterocycles. The predicted octanol–water partition coefficient (Wildman–Crippen LogP) is 2.73. The second kappa shape index (κ2) is 6.87. The normalized spacial score (nSPS) is 16.4. The second-order valence-electron chi connectivity index (χ2n) is 6.16.